The molecule has 7 nitrogen and oxygen atoms in total. The second kappa shape index (κ2) is 6.73. The first-order chi connectivity index (χ1) is 11.8. The molecule has 1 aliphatic heterocycles. The Labute approximate surface area is 144 Å². The highest BCUT2D eigenvalue weighted by atomic mass is 32.1. The SMILES string of the molecule is Cc1cc(C(F)(F)F)n(-c2nc(C(=O)N3CCOC[C@H](O)C3)cs2)n1. The summed E-state index contributed by atoms with van der Waals surface area (Å²) in [7, 11) is 0. The zero-order chi connectivity index (χ0) is 18.2. The number of thiazole rings is 1. The van der Waals surface area contributed by atoms with Crippen LogP contribution >= 0.6 is 11.3 Å². The Hall–Kier alpha value is -1.98. The predicted molar refractivity (Wildman–Crippen MR) is 81.7 cm³/mol. The molecule has 0 spiro atoms. The molecule has 0 saturated carbocycles. The van der Waals surface area contributed by atoms with Crippen molar-refractivity contribution in [3.63, 3.8) is 0 Å². The van der Waals surface area contributed by atoms with Crippen LogP contribution in [-0.4, -0.2) is 63.1 Å². The molecular weight excluding hydrogens is 361 g/mol. The molecule has 0 radical (unpaired) electrons. The highest BCUT2D eigenvalue weighted by molar-refractivity contribution is 7.12. The number of aliphatic hydroxyl groups is 1. The molecule has 3 heterocycles. The van der Waals surface area contributed by atoms with E-state index in [9.17, 15) is 23.1 Å². The molecule has 25 heavy (non-hydrogen) atoms. The number of aliphatic hydroxyl groups excluding tert-OH is 1. The summed E-state index contributed by atoms with van der Waals surface area (Å²) in [5.74, 6) is -0.468. The average molecular weight is 376 g/mol. The van der Waals surface area contributed by atoms with Crippen LogP contribution in [0, 0.1) is 6.92 Å². The molecule has 1 N–H and O–H groups in total. The molecule has 136 valence electrons. The summed E-state index contributed by atoms with van der Waals surface area (Å²) in [6.07, 6.45) is -5.39. The lowest BCUT2D eigenvalue weighted by atomic mass is 10.3. The van der Waals surface area contributed by atoms with Crippen molar-refractivity contribution in [1.82, 2.24) is 19.7 Å². The largest absolute Gasteiger partial charge is 0.433 e. The number of carbonyl (C=O) groups is 1. The number of carbonyl (C=O) groups excluding carboxylic acids is 1. The second-order valence-corrected chi connectivity index (χ2v) is 6.41. The van der Waals surface area contributed by atoms with Crippen LogP contribution in [0.25, 0.3) is 5.13 Å². The number of aromatic nitrogens is 3. The van der Waals surface area contributed by atoms with E-state index in [4.69, 9.17) is 4.74 Å². The molecule has 3 rings (SSSR count). The van der Waals surface area contributed by atoms with Gasteiger partial charge in [0.25, 0.3) is 5.91 Å². The molecule has 0 bridgehead atoms. The number of β-amino-alcohol motifs (C(OH)–C–C–N with tert-alkyl or cyclic N) is 1. The maximum absolute atomic E-state index is 13.1. The zero-order valence-corrected chi connectivity index (χ0v) is 14.0. The van der Waals surface area contributed by atoms with E-state index in [0.29, 0.717) is 4.68 Å². The normalized spacial score (nSPS) is 19.1. The summed E-state index contributed by atoms with van der Waals surface area (Å²) in [5.41, 5.74) is -0.740. The van der Waals surface area contributed by atoms with Gasteiger partial charge in [0.2, 0.25) is 5.13 Å². The Morgan fingerprint density at radius 1 is 1.48 bits per heavy atom. The average Bonchev–Trinajstić information content (AvgIpc) is 3.10. The minimum Gasteiger partial charge on any atom is -0.389 e. The van der Waals surface area contributed by atoms with Crippen molar-refractivity contribution < 1.29 is 27.8 Å². The first-order valence-electron chi connectivity index (χ1n) is 7.40. The van der Waals surface area contributed by atoms with Gasteiger partial charge in [-0.25, -0.2) is 9.67 Å². The number of nitrogens with zero attached hydrogens (tertiary/aromatic N) is 4. The number of alkyl halides is 3. The molecule has 1 atom stereocenters. The van der Waals surface area contributed by atoms with Crippen molar-refractivity contribution in [2.45, 2.75) is 19.2 Å². The molecule has 0 unspecified atom stereocenters. The lowest BCUT2D eigenvalue weighted by molar-refractivity contribution is -0.142. The molecular formula is C14H15F3N4O3S. The molecule has 1 aliphatic rings. The molecule has 0 aromatic carbocycles. The van der Waals surface area contributed by atoms with Crippen molar-refractivity contribution in [2.24, 2.45) is 0 Å². The minimum atomic E-state index is -4.58. The van der Waals surface area contributed by atoms with Gasteiger partial charge in [-0.3, -0.25) is 4.79 Å². The number of hydrogen-bond donors (Lipinski definition) is 1. The number of amides is 1. The fraction of sp³-hybridized carbons (Fsp3) is 0.500. The van der Waals surface area contributed by atoms with Gasteiger partial charge in [-0.15, -0.1) is 11.3 Å². The Morgan fingerprint density at radius 2 is 2.24 bits per heavy atom. The third-order valence-corrected chi connectivity index (χ3v) is 4.36. The molecule has 1 saturated heterocycles. The smallest absolute Gasteiger partial charge is 0.389 e. The Kier molecular flexibility index (Phi) is 4.80. The topological polar surface area (TPSA) is 80.5 Å². The third kappa shape index (κ3) is 3.83. The van der Waals surface area contributed by atoms with Gasteiger partial charge in [0.05, 0.1) is 25.0 Å². The van der Waals surface area contributed by atoms with E-state index in [1.54, 1.807) is 0 Å². The van der Waals surface area contributed by atoms with Gasteiger partial charge in [0, 0.05) is 18.5 Å². The Bertz CT molecular complexity index is 774. The van der Waals surface area contributed by atoms with E-state index in [1.807, 2.05) is 0 Å². The van der Waals surface area contributed by atoms with Gasteiger partial charge in [-0.05, 0) is 13.0 Å². The van der Waals surface area contributed by atoms with Crippen LogP contribution in [0.1, 0.15) is 21.9 Å². The highest BCUT2D eigenvalue weighted by Gasteiger charge is 2.36. The number of ether oxygens (including phenoxy) is 1. The van der Waals surface area contributed by atoms with E-state index < -0.39 is 23.9 Å². The van der Waals surface area contributed by atoms with E-state index in [0.717, 1.165) is 17.4 Å². The first-order valence-corrected chi connectivity index (χ1v) is 8.28. The maximum atomic E-state index is 13.1. The minimum absolute atomic E-state index is 0.00961. The third-order valence-electron chi connectivity index (χ3n) is 3.55. The van der Waals surface area contributed by atoms with Crippen molar-refractivity contribution >= 4 is 17.2 Å². The standard InChI is InChI=1S/C14H15F3N4O3S/c1-8-4-11(14(15,16)17)21(19-8)13-18-10(7-25-13)12(23)20-2-3-24-6-9(22)5-20/h4,7,9,22H,2-3,5-6H2,1H3/t9-/m1/s1. The second-order valence-electron chi connectivity index (χ2n) is 5.58. The molecule has 0 aliphatic carbocycles. The predicted octanol–water partition coefficient (Wildman–Crippen LogP) is 1.49. The molecule has 1 amide bonds. The van der Waals surface area contributed by atoms with Gasteiger partial charge in [0.15, 0.2) is 5.69 Å². The molecule has 1 fully saturated rings. The number of hydrogen-bond acceptors (Lipinski definition) is 6. The summed E-state index contributed by atoms with van der Waals surface area (Å²) in [6, 6.07) is 0.922. The molecule has 2 aromatic rings. The van der Waals surface area contributed by atoms with Crippen LogP contribution < -0.4 is 0 Å². The summed E-state index contributed by atoms with van der Waals surface area (Å²) >= 11 is 0.893. The number of aryl methyl sites for hydroxylation is 1. The van der Waals surface area contributed by atoms with Crippen molar-refractivity contribution in [3.05, 3.63) is 28.5 Å². The van der Waals surface area contributed by atoms with Crippen molar-refractivity contribution in [1.29, 1.82) is 0 Å². The van der Waals surface area contributed by atoms with E-state index in [2.05, 4.69) is 10.1 Å². The monoisotopic (exact) mass is 376 g/mol. The summed E-state index contributed by atoms with van der Waals surface area (Å²) < 4.78 is 45.1. The van der Waals surface area contributed by atoms with Gasteiger partial charge < -0.3 is 14.7 Å². The highest BCUT2D eigenvalue weighted by Crippen LogP contribution is 2.32. The number of rotatable bonds is 2. The lowest BCUT2D eigenvalue weighted by Gasteiger charge is -2.20. The molecule has 2 aromatic heterocycles. The van der Waals surface area contributed by atoms with E-state index >= 15 is 0 Å². The Morgan fingerprint density at radius 3 is 2.96 bits per heavy atom. The fourth-order valence-electron chi connectivity index (χ4n) is 2.45. The summed E-state index contributed by atoms with van der Waals surface area (Å²) in [6.45, 7) is 2.21. The molecule has 11 heteroatoms. The quantitative estimate of drug-likeness (QED) is 0.859. The van der Waals surface area contributed by atoms with Crippen molar-refractivity contribution in [3.8, 4) is 5.13 Å². The van der Waals surface area contributed by atoms with Crippen LogP contribution in [0.2, 0.25) is 0 Å². The first kappa shape index (κ1) is 17.8. The Balaban J connectivity index is 1.87. The summed E-state index contributed by atoms with van der Waals surface area (Å²) in [5, 5.41) is 14.8. The van der Waals surface area contributed by atoms with E-state index in [1.165, 1.54) is 17.2 Å². The maximum Gasteiger partial charge on any atom is 0.433 e. The van der Waals surface area contributed by atoms with Gasteiger partial charge >= 0.3 is 6.18 Å². The summed E-state index contributed by atoms with van der Waals surface area (Å²) in [4.78, 5) is 17.9. The zero-order valence-electron chi connectivity index (χ0n) is 13.2. The van der Waals surface area contributed by atoms with Gasteiger partial charge in [0.1, 0.15) is 5.69 Å². The number of halogens is 3. The van der Waals surface area contributed by atoms with Crippen molar-refractivity contribution in [2.75, 3.05) is 26.3 Å². The van der Waals surface area contributed by atoms with Crippen LogP contribution in [0.3, 0.4) is 0 Å². The van der Waals surface area contributed by atoms with Gasteiger partial charge in [-0.1, -0.05) is 0 Å². The van der Waals surface area contributed by atoms with Crippen LogP contribution in [0.5, 0.6) is 0 Å². The lowest BCUT2D eigenvalue weighted by Crippen LogP contribution is -2.37. The fourth-order valence-corrected chi connectivity index (χ4v) is 3.21. The van der Waals surface area contributed by atoms with Crippen LogP contribution in [0.4, 0.5) is 13.2 Å². The van der Waals surface area contributed by atoms with E-state index in [-0.39, 0.29) is 42.8 Å². The van der Waals surface area contributed by atoms with Crippen LogP contribution in [0.15, 0.2) is 11.4 Å². The van der Waals surface area contributed by atoms with Gasteiger partial charge in [-0.2, -0.15) is 18.3 Å². The van der Waals surface area contributed by atoms with Crippen LogP contribution in [-0.2, 0) is 10.9 Å².